The standard InChI is InChI=1S/C25H17NO6S/c1-30-19-8-14-12(7-16(19)27)3-5-26-23(14)21(13-4-6-33-11-13)22-15-9-20(31-2)17(28)10-18(15)32-25(29)24(22)26/h3-11,27-28H,1-2H3. The number of pyridine rings is 1. The van der Waals surface area contributed by atoms with Gasteiger partial charge in [0.05, 0.1) is 19.7 Å². The van der Waals surface area contributed by atoms with Crippen molar-refractivity contribution in [2.45, 2.75) is 0 Å². The molecule has 4 heterocycles. The molecule has 7 nitrogen and oxygen atoms in total. The summed E-state index contributed by atoms with van der Waals surface area (Å²) < 4.78 is 18.1. The number of nitrogens with zero attached hydrogens (tertiary/aromatic N) is 1. The fraction of sp³-hybridized carbons (Fsp3) is 0.0800. The zero-order valence-corrected chi connectivity index (χ0v) is 18.4. The van der Waals surface area contributed by atoms with Crippen LogP contribution in [-0.2, 0) is 0 Å². The van der Waals surface area contributed by atoms with Crippen LogP contribution in [0, 0.1) is 0 Å². The fourth-order valence-electron chi connectivity index (χ4n) is 4.54. The molecular weight excluding hydrogens is 442 g/mol. The molecule has 0 unspecified atom stereocenters. The molecule has 4 aromatic heterocycles. The molecule has 0 radical (unpaired) electrons. The number of benzene rings is 2. The lowest BCUT2D eigenvalue weighted by Gasteiger charge is -2.09. The van der Waals surface area contributed by atoms with Crippen molar-refractivity contribution < 1.29 is 24.1 Å². The summed E-state index contributed by atoms with van der Waals surface area (Å²) in [5, 5.41) is 27.5. The minimum Gasteiger partial charge on any atom is -0.504 e. The van der Waals surface area contributed by atoms with Crippen molar-refractivity contribution in [2.24, 2.45) is 0 Å². The Morgan fingerprint density at radius 1 is 0.939 bits per heavy atom. The Morgan fingerprint density at radius 2 is 1.67 bits per heavy atom. The van der Waals surface area contributed by atoms with Gasteiger partial charge in [-0.3, -0.25) is 0 Å². The lowest BCUT2D eigenvalue weighted by molar-refractivity contribution is 0.373. The van der Waals surface area contributed by atoms with Gasteiger partial charge in [0.15, 0.2) is 23.0 Å². The number of phenolic OH excluding ortho intramolecular Hbond substituents is 2. The van der Waals surface area contributed by atoms with Gasteiger partial charge in [-0.05, 0) is 52.0 Å². The van der Waals surface area contributed by atoms with E-state index in [4.69, 9.17) is 13.9 Å². The molecule has 164 valence electrons. The van der Waals surface area contributed by atoms with E-state index in [2.05, 4.69) is 0 Å². The molecule has 0 atom stereocenters. The molecule has 0 aliphatic rings. The molecule has 0 saturated carbocycles. The minimum atomic E-state index is -0.524. The molecule has 0 fully saturated rings. The SMILES string of the molecule is COc1cc2c(cc1O)oc(=O)c1c2c(-c2ccsc2)c2c3cc(OC)c(O)cc3ccn21. The van der Waals surface area contributed by atoms with Gasteiger partial charge in [-0.15, -0.1) is 0 Å². The first-order valence-electron chi connectivity index (χ1n) is 10.1. The Balaban J connectivity index is 1.95. The Bertz CT molecular complexity index is 1780. The Morgan fingerprint density at radius 3 is 2.36 bits per heavy atom. The summed E-state index contributed by atoms with van der Waals surface area (Å²) in [7, 11) is 2.97. The highest BCUT2D eigenvalue weighted by Gasteiger charge is 2.24. The number of hydrogen-bond acceptors (Lipinski definition) is 7. The molecule has 0 aliphatic heterocycles. The number of fused-ring (bicyclic) bond motifs is 7. The van der Waals surface area contributed by atoms with Crippen LogP contribution in [-0.4, -0.2) is 28.8 Å². The number of ether oxygens (including phenoxy) is 2. The second-order valence-corrected chi connectivity index (χ2v) is 8.45. The maximum absolute atomic E-state index is 13.2. The van der Waals surface area contributed by atoms with Gasteiger partial charge in [-0.1, -0.05) is 0 Å². The molecular formula is C25H17NO6S. The number of rotatable bonds is 3. The van der Waals surface area contributed by atoms with Crippen molar-refractivity contribution in [1.29, 1.82) is 0 Å². The van der Waals surface area contributed by atoms with Gasteiger partial charge in [0.2, 0.25) is 0 Å². The van der Waals surface area contributed by atoms with E-state index in [1.165, 1.54) is 20.3 Å². The van der Waals surface area contributed by atoms with E-state index in [1.54, 1.807) is 35.7 Å². The van der Waals surface area contributed by atoms with Crippen LogP contribution in [0.15, 0.2) is 62.6 Å². The van der Waals surface area contributed by atoms with Gasteiger partial charge >= 0.3 is 5.63 Å². The summed E-state index contributed by atoms with van der Waals surface area (Å²) >= 11 is 1.55. The van der Waals surface area contributed by atoms with Crippen molar-refractivity contribution in [3.8, 4) is 34.1 Å². The van der Waals surface area contributed by atoms with Gasteiger partial charge in [0.25, 0.3) is 0 Å². The summed E-state index contributed by atoms with van der Waals surface area (Å²) in [5.41, 5.74) is 2.68. The first-order valence-corrected chi connectivity index (χ1v) is 11.0. The summed E-state index contributed by atoms with van der Waals surface area (Å²) in [6.07, 6.45) is 1.79. The van der Waals surface area contributed by atoms with Crippen LogP contribution in [0.3, 0.4) is 0 Å². The van der Waals surface area contributed by atoms with Crippen molar-refractivity contribution in [3.05, 3.63) is 63.8 Å². The van der Waals surface area contributed by atoms with E-state index in [-0.39, 0.29) is 22.8 Å². The second-order valence-electron chi connectivity index (χ2n) is 7.67. The van der Waals surface area contributed by atoms with Crippen LogP contribution < -0.4 is 15.1 Å². The van der Waals surface area contributed by atoms with Crippen LogP contribution in [0.1, 0.15) is 0 Å². The number of phenols is 2. The van der Waals surface area contributed by atoms with Crippen LogP contribution in [0.25, 0.3) is 49.3 Å². The Kier molecular flexibility index (Phi) is 4.09. The maximum Gasteiger partial charge on any atom is 0.361 e. The molecule has 0 saturated heterocycles. The number of aromatic hydroxyl groups is 2. The van der Waals surface area contributed by atoms with E-state index in [9.17, 15) is 15.0 Å². The number of methoxy groups -OCH3 is 2. The zero-order chi connectivity index (χ0) is 22.9. The minimum absolute atomic E-state index is 0.0349. The second kappa shape index (κ2) is 6.91. The topological polar surface area (TPSA) is 93.5 Å². The lowest BCUT2D eigenvalue weighted by atomic mass is 10.00. The summed E-state index contributed by atoms with van der Waals surface area (Å²) in [6.45, 7) is 0. The zero-order valence-electron chi connectivity index (χ0n) is 17.6. The van der Waals surface area contributed by atoms with Gasteiger partial charge in [-0.2, -0.15) is 11.3 Å². The monoisotopic (exact) mass is 459 g/mol. The average Bonchev–Trinajstić information content (AvgIpc) is 3.44. The summed E-state index contributed by atoms with van der Waals surface area (Å²) in [5.74, 6) is 0.535. The van der Waals surface area contributed by atoms with E-state index < -0.39 is 5.63 Å². The summed E-state index contributed by atoms with van der Waals surface area (Å²) in [4.78, 5) is 13.2. The highest BCUT2D eigenvalue weighted by molar-refractivity contribution is 7.08. The predicted octanol–water partition coefficient (Wildman–Crippen LogP) is 5.51. The third-order valence-electron chi connectivity index (χ3n) is 5.97. The lowest BCUT2D eigenvalue weighted by Crippen LogP contribution is -2.02. The molecule has 8 heteroatoms. The average molecular weight is 459 g/mol. The van der Waals surface area contributed by atoms with Crippen molar-refractivity contribution in [2.75, 3.05) is 14.2 Å². The Hall–Kier alpha value is -4.17. The smallest absolute Gasteiger partial charge is 0.361 e. The van der Waals surface area contributed by atoms with Crippen LogP contribution in [0.2, 0.25) is 0 Å². The van der Waals surface area contributed by atoms with Crippen LogP contribution in [0.5, 0.6) is 23.0 Å². The third-order valence-corrected chi connectivity index (χ3v) is 6.65. The normalized spacial score (nSPS) is 11.7. The highest BCUT2D eigenvalue weighted by Crippen LogP contribution is 2.45. The van der Waals surface area contributed by atoms with E-state index in [0.29, 0.717) is 22.0 Å². The molecule has 6 rings (SSSR count). The Labute approximate surface area is 190 Å². The van der Waals surface area contributed by atoms with Crippen molar-refractivity contribution in [1.82, 2.24) is 4.40 Å². The van der Waals surface area contributed by atoms with Crippen LogP contribution >= 0.6 is 11.3 Å². The van der Waals surface area contributed by atoms with Gasteiger partial charge in [0.1, 0.15) is 11.1 Å². The molecule has 0 bridgehead atoms. The van der Waals surface area contributed by atoms with E-state index >= 15 is 0 Å². The fourth-order valence-corrected chi connectivity index (χ4v) is 5.19. The molecule has 2 N–H and O–H groups in total. The number of hydrogen-bond donors (Lipinski definition) is 2. The van der Waals surface area contributed by atoms with Crippen LogP contribution in [0.4, 0.5) is 0 Å². The first kappa shape index (κ1) is 19.5. The predicted molar refractivity (Wildman–Crippen MR) is 128 cm³/mol. The quantitative estimate of drug-likeness (QED) is 0.339. The molecule has 0 amide bonds. The third kappa shape index (κ3) is 2.64. The highest BCUT2D eigenvalue weighted by atomic mass is 32.1. The molecule has 33 heavy (non-hydrogen) atoms. The number of thiophene rings is 1. The van der Waals surface area contributed by atoms with E-state index in [0.717, 1.165) is 27.4 Å². The maximum atomic E-state index is 13.2. The van der Waals surface area contributed by atoms with Gasteiger partial charge in [-0.25, -0.2) is 4.79 Å². The molecule has 6 aromatic rings. The van der Waals surface area contributed by atoms with Crippen molar-refractivity contribution >= 4 is 49.5 Å². The van der Waals surface area contributed by atoms with E-state index in [1.807, 2.05) is 27.3 Å². The van der Waals surface area contributed by atoms with Crippen molar-refractivity contribution in [3.63, 3.8) is 0 Å². The molecule has 2 aromatic carbocycles. The molecule has 0 spiro atoms. The van der Waals surface area contributed by atoms with Gasteiger partial charge < -0.3 is 28.5 Å². The largest absolute Gasteiger partial charge is 0.504 e. The summed E-state index contributed by atoms with van der Waals surface area (Å²) in [6, 6.07) is 10.3. The number of aromatic nitrogens is 1. The molecule has 0 aliphatic carbocycles. The van der Waals surface area contributed by atoms with Gasteiger partial charge in [0, 0.05) is 34.0 Å². The first-order chi connectivity index (χ1) is 16.0.